The molecule has 0 bridgehead atoms. The number of rotatable bonds is 6. The minimum Gasteiger partial charge on any atom is -0.497 e. The highest BCUT2D eigenvalue weighted by molar-refractivity contribution is 5.90. The molecule has 2 N–H and O–H groups in total. The largest absolute Gasteiger partial charge is 0.497 e. The molecule has 12 heteroatoms. The molecule has 2 aliphatic heterocycles. The summed E-state index contributed by atoms with van der Waals surface area (Å²) in [5, 5.41) is 18.7. The number of aliphatic carboxylic acids is 1. The third-order valence-corrected chi connectivity index (χ3v) is 6.65. The minimum absolute atomic E-state index is 0.158. The summed E-state index contributed by atoms with van der Waals surface area (Å²) in [5.74, 6) is 0.407. The van der Waals surface area contributed by atoms with Crippen LogP contribution in [-0.4, -0.2) is 63.0 Å². The number of fused-ring (bicyclic) bond motifs is 2. The van der Waals surface area contributed by atoms with Crippen LogP contribution in [0, 0.1) is 11.8 Å². The summed E-state index contributed by atoms with van der Waals surface area (Å²) < 4.78 is 39.0. The SMILES string of the molecule is COc1ccc(CN2CC3Cc4nnc(C(=O)NCc5ccccc5)n4CC3C2)cc1.O=C(O)C(F)(F)F. The number of hydrogen-bond acceptors (Lipinski definition) is 6. The number of amides is 1. The fraction of sp³-hybridized carbons (Fsp3) is 0.385. The van der Waals surface area contributed by atoms with Crippen molar-refractivity contribution in [3.8, 4) is 5.75 Å². The summed E-state index contributed by atoms with van der Waals surface area (Å²) in [6, 6.07) is 18.2. The van der Waals surface area contributed by atoms with E-state index in [2.05, 4.69) is 32.5 Å². The van der Waals surface area contributed by atoms with Crippen LogP contribution >= 0.6 is 0 Å². The predicted molar refractivity (Wildman–Crippen MR) is 130 cm³/mol. The Morgan fingerprint density at radius 2 is 1.66 bits per heavy atom. The van der Waals surface area contributed by atoms with E-state index in [0.29, 0.717) is 24.2 Å². The molecule has 2 atom stereocenters. The van der Waals surface area contributed by atoms with Crippen molar-refractivity contribution < 1.29 is 32.6 Å². The van der Waals surface area contributed by atoms with E-state index in [1.807, 2.05) is 47.0 Å². The predicted octanol–water partition coefficient (Wildman–Crippen LogP) is 3.15. The number of carbonyl (C=O) groups excluding carboxylic acids is 1. The Balaban J connectivity index is 0.000000426. The van der Waals surface area contributed by atoms with Crippen LogP contribution in [-0.2, 0) is 30.8 Å². The van der Waals surface area contributed by atoms with Gasteiger partial charge in [-0.3, -0.25) is 9.69 Å². The van der Waals surface area contributed by atoms with Gasteiger partial charge in [0.2, 0.25) is 5.82 Å². The lowest BCUT2D eigenvalue weighted by atomic mass is 9.89. The third-order valence-electron chi connectivity index (χ3n) is 6.65. The second-order valence-corrected chi connectivity index (χ2v) is 9.29. The zero-order valence-electron chi connectivity index (χ0n) is 20.7. The molecule has 2 aromatic carbocycles. The number of aromatic nitrogens is 3. The van der Waals surface area contributed by atoms with Gasteiger partial charge in [-0.2, -0.15) is 13.2 Å². The molecule has 202 valence electrons. The first-order chi connectivity index (χ1) is 18.1. The number of methoxy groups -OCH3 is 1. The lowest BCUT2D eigenvalue weighted by Gasteiger charge is -2.25. The number of ether oxygens (including phenoxy) is 1. The van der Waals surface area contributed by atoms with Gasteiger partial charge in [0.1, 0.15) is 11.6 Å². The molecule has 38 heavy (non-hydrogen) atoms. The van der Waals surface area contributed by atoms with Gasteiger partial charge in [-0.1, -0.05) is 42.5 Å². The summed E-state index contributed by atoms with van der Waals surface area (Å²) in [7, 11) is 1.69. The molecule has 1 fully saturated rings. The third kappa shape index (κ3) is 6.68. The fourth-order valence-electron chi connectivity index (χ4n) is 4.76. The lowest BCUT2D eigenvalue weighted by Crippen LogP contribution is -2.32. The van der Waals surface area contributed by atoms with Gasteiger partial charge in [0.25, 0.3) is 5.91 Å². The first-order valence-electron chi connectivity index (χ1n) is 12.0. The van der Waals surface area contributed by atoms with E-state index in [9.17, 15) is 18.0 Å². The average Bonchev–Trinajstić information content (AvgIpc) is 3.49. The highest BCUT2D eigenvalue weighted by atomic mass is 19.4. The number of alkyl halides is 3. The summed E-state index contributed by atoms with van der Waals surface area (Å²) in [6.45, 7) is 4.31. The molecule has 3 heterocycles. The maximum Gasteiger partial charge on any atom is 0.490 e. The smallest absolute Gasteiger partial charge is 0.490 e. The maximum absolute atomic E-state index is 12.7. The van der Waals surface area contributed by atoms with Gasteiger partial charge < -0.3 is 19.7 Å². The Kier molecular flexibility index (Phi) is 8.30. The fourth-order valence-corrected chi connectivity index (χ4v) is 4.76. The first kappa shape index (κ1) is 27.1. The first-order valence-corrected chi connectivity index (χ1v) is 12.0. The molecular weight excluding hydrogens is 503 g/mol. The molecule has 2 aliphatic rings. The van der Waals surface area contributed by atoms with Crippen LogP contribution in [0.5, 0.6) is 5.75 Å². The van der Waals surface area contributed by atoms with Crippen LogP contribution in [0.3, 0.4) is 0 Å². The lowest BCUT2D eigenvalue weighted by molar-refractivity contribution is -0.192. The molecule has 1 saturated heterocycles. The van der Waals surface area contributed by atoms with Gasteiger partial charge in [-0.15, -0.1) is 10.2 Å². The van der Waals surface area contributed by atoms with E-state index in [-0.39, 0.29) is 5.91 Å². The molecule has 0 spiro atoms. The van der Waals surface area contributed by atoms with Gasteiger partial charge >= 0.3 is 12.1 Å². The van der Waals surface area contributed by atoms with E-state index in [1.165, 1.54) is 5.56 Å². The number of likely N-dealkylation sites (tertiary alicyclic amines) is 1. The van der Waals surface area contributed by atoms with Crippen LogP contribution < -0.4 is 10.1 Å². The zero-order valence-corrected chi connectivity index (χ0v) is 20.7. The van der Waals surface area contributed by atoms with Gasteiger partial charge in [-0.05, 0) is 35.1 Å². The summed E-state index contributed by atoms with van der Waals surface area (Å²) in [6.07, 6.45) is -4.21. The summed E-state index contributed by atoms with van der Waals surface area (Å²) in [5.41, 5.74) is 2.36. The van der Waals surface area contributed by atoms with Crippen LogP contribution in [0.2, 0.25) is 0 Å². The Hall–Kier alpha value is -3.93. The van der Waals surface area contributed by atoms with E-state index < -0.39 is 12.1 Å². The number of nitrogens with one attached hydrogen (secondary N) is 1. The number of nitrogens with zero attached hydrogens (tertiary/aromatic N) is 4. The molecule has 2 unspecified atom stereocenters. The Bertz CT molecular complexity index is 1250. The van der Waals surface area contributed by atoms with Crippen LogP contribution in [0.4, 0.5) is 13.2 Å². The quantitative estimate of drug-likeness (QED) is 0.503. The molecule has 0 saturated carbocycles. The number of halogens is 3. The second-order valence-electron chi connectivity index (χ2n) is 9.29. The number of carbonyl (C=O) groups is 2. The normalized spacial score (nSPS) is 18.5. The monoisotopic (exact) mass is 531 g/mol. The van der Waals surface area contributed by atoms with Crippen molar-refractivity contribution in [3.63, 3.8) is 0 Å². The highest BCUT2D eigenvalue weighted by Crippen LogP contribution is 2.33. The summed E-state index contributed by atoms with van der Waals surface area (Å²) in [4.78, 5) is 24.1. The standard InChI is InChI=1S/C24H27N5O2.C2HF3O2/c1-31-21-9-7-18(8-10-21)13-28-14-19-11-22-26-27-23(29(22)16-20(19)15-28)24(30)25-12-17-5-3-2-4-6-17;3-2(4,5)1(6)7/h2-10,19-20H,11-16H2,1H3,(H,25,30);(H,6,7). The molecule has 9 nitrogen and oxygen atoms in total. The van der Waals surface area contributed by atoms with Crippen molar-refractivity contribution in [3.05, 3.63) is 77.4 Å². The minimum atomic E-state index is -5.08. The van der Waals surface area contributed by atoms with Crippen molar-refractivity contribution in [2.75, 3.05) is 20.2 Å². The van der Waals surface area contributed by atoms with Crippen molar-refractivity contribution in [1.29, 1.82) is 0 Å². The summed E-state index contributed by atoms with van der Waals surface area (Å²) >= 11 is 0. The average molecular weight is 532 g/mol. The molecular formula is C26H28F3N5O4. The number of carboxylic acids is 1. The number of hydrogen-bond donors (Lipinski definition) is 2. The van der Waals surface area contributed by atoms with Crippen molar-refractivity contribution in [2.45, 2.75) is 32.2 Å². The van der Waals surface area contributed by atoms with E-state index >= 15 is 0 Å². The maximum atomic E-state index is 12.7. The van der Waals surface area contributed by atoms with E-state index in [4.69, 9.17) is 14.6 Å². The van der Waals surface area contributed by atoms with Gasteiger partial charge in [0, 0.05) is 39.1 Å². The van der Waals surface area contributed by atoms with Gasteiger partial charge in [0.15, 0.2) is 0 Å². The topological polar surface area (TPSA) is 110 Å². The van der Waals surface area contributed by atoms with Crippen LogP contribution in [0.1, 0.15) is 27.6 Å². The van der Waals surface area contributed by atoms with Crippen molar-refractivity contribution in [1.82, 2.24) is 25.0 Å². The second kappa shape index (κ2) is 11.6. The molecule has 5 rings (SSSR count). The van der Waals surface area contributed by atoms with Gasteiger partial charge in [-0.25, -0.2) is 4.79 Å². The Morgan fingerprint density at radius 1 is 1.00 bits per heavy atom. The van der Waals surface area contributed by atoms with Crippen molar-refractivity contribution >= 4 is 11.9 Å². The molecule has 1 aromatic heterocycles. The highest BCUT2D eigenvalue weighted by Gasteiger charge is 2.39. The number of benzene rings is 2. The number of carboxylic acid groups (broad SMARTS) is 1. The van der Waals surface area contributed by atoms with E-state index in [1.54, 1.807) is 7.11 Å². The molecule has 0 aliphatic carbocycles. The van der Waals surface area contributed by atoms with Gasteiger partial charge in [0.05, 0.1) is 7.11 Å². The molecule has 0 radical (unpaired) electrons. The molecule has 1 amide bonds. The zero-order chi connectivity index (χ0) is 27.3. The Labute approximate surface area is 217 Å². The van der Waals surface area contributed by atoms with Crippen LogP contribution in [0.15, 0.2) is 54.6 Å². The van der Waals surface area contributed by atoms with Crippen molar-refractivity contribution in [2.24, 2.45) is 11.8 Å². The van der Waals surface area contributed by atoms with Crippen LogP contribution in [0.25, 0.3) is 0 Å². The Morgan fingerprint density at radius 3 is 2.29 bits per heavy atom. The molecule has 3 aromatic rings. The van der Waals surface area contributed by atoms with E-state index in [0.717, 1.165) is 49.7 Å².